The minimum absolute atomic E-state index is 0.0303. The molecule has 1 aliphatic heterocycles. The molecule has 3 heterocycles. The monoisotopic (exact) mass is 526 g/mol. The number of likely N-dealkylation sites (N-methyl/N-ethyl adjacent to an activating group) is 1. The van der Waals surface area contributed by atoms with Crippen LogP contribution in [-0.2, 0) is 24.9 Å². The van der Waals surface area contributed by atoms with Crippen molar-refractivity contribution in [3.8, 4) is 11.1 Å². The summed E-state index contributed by atoms with van der Waals surface area (Å²) in [5.41, 5.74) is 5.77. The van der Waals surface area contributed by atoms with E-state index in [9.17, 15) is 9.90 Å². The highest BCUT2D eigenvalue weighted by Crippen LogP contribution is 2.38. The first-order valence-electron chi connectivity index (χ1n) is 13.7. The van der Waals surface area contributed by atoms with Gasteiger partial charge in [0.25, 0.3) is 5.91 Å². The van der Waals surface area contributed by atoms with E-state index in [1.165, 1.54) is 0 Å². The second kappa shape index (κ2) is 11.7. The number of para-hydroxylation sites is 1. The molecular formula is C32H38N4O3. The minimum Gasteiger partial charge on any atom is -0.394 e. The molecule has 39 heavy (non-hydrogen) atoms. The van der Waals surface area contributed by atoms with E-state index >= 15 is 0 Å². The Kier molecular flexibility index (Phi) is 8.12. The number of hydrogen-bond donors (Lipinski definition) is 1. The number of nitrogens with zero attached hydrogens (tertiary/aromatic N) is 4. The van der Waals surface area contributed by atoms with Crippen molar-refractivity contribution in [2.24, 2.45) is 13.0 Å². The summed E-state index contributed by atoms with van der Waals surface area (Å²) >= 11 is 0. The summed E-state index contributed by atoms with van der Waals surface area (Å²) in [4.78, 5) is 22.7. The highest BCUT2D eigenvalue weighted by atomic mass is 16.5. The van der Waals surface area contributed by atoms with Crippen LogP contribution in [0.3, 0.4) is 0 Å². The number of amides is 1. The Morgan fingerprint density at radius 1 is 1.13 bits per heavy atom. The van der Waals surface area contributed by atoms with Gasteiger partial charge >= 0.3 is 0 Å². The summed E-state index contributed by atoms with van der Waals surface area (Å²) in [6, 6.07) is 20.1. The molecule has 0 saturated carbocycles. The van der Waals surface area contributed by atoms with Crippen molar-refractivity contribution >= 4 is 16.8 Å². The largest absolute Gasteiger partial charge is 0.394 e. The molecule has 2 aromatic carbocycles. The Labute approximate surface area is 230 Å². The predicted octanol–water partition coefficient (Wildman–Crippen LogP) is 4.73. The van der Waals surface area contributed by atoms with Gasteiger partial charge in [-0.25, -0.2) is 0 Å². The second-order valence-corrected chi connectivity index (χ2v) is 10.8. The van der Waals surface area contributed by atoms with E-state index in [4.69, 9.17) is 4.74 Å². The molecular weight excluding hydrogens is 488 g/mol. The van der Waals surface area contributed by atoms with Crippen LogP contribution in [0.4, 0.5) is 0 Å². The summed E-state index contributed by atoms with van der Waals surface area (Å²) < 4.78 is 8.69. The van der Waals surface area contributed by atoms with E-state index in [-0.39, 0.29) is 30.6 Å². The van der Waals surface area contributed by atoms with Gasteiger partial charge in [-0.2, -0.15) is 0 Å². The highest BCUT2D eigenvalue weighted by molar-refractivity contribution is 6.10. The van der Waals surface area contributed by atoms with Crippen LogP contribution in [0.2, 0.25) is 0 Å². The number of benzene rings is 2. The molecule has 0 fully saturated rings. The van der Waals surface area contributed by atoms with Crippen molar-refractivity contribution in [3.05, 3.63) is 89.9 Å². The normalized spacial score (nSPS) is 19.0. The average molecular weight is 527 g/mol. The van der Waals surface area contributed by atoms with Crippen LogP contribution in [0.5, 0.6) is 0 Å². The molecule has 1 aliphatic rings. The lowest BCUT2D eigenvalue weighted by Crippen LogP contribution is -2.47. The third-order valence-corrected chi connectivity index (χ3v) is 7.89. The Morgan fingerprint density at radius 3 is 2.67 bits per heavy atom. The van der Waals surface area contributed by atoms with E-state index in [2.05, 4.69) is 54.2 Å². The summed E-state index contributed by atoms with van der Waals surface area (Å²) in [6.45, 7) is 6.31. The van der Waals surface area contributed by atoms with Crippen molar-refractivity contribution in [1.82, 2.24) is 19.4 Å². The van der Waals surface area contributed by atoms with Gasteiger partial charge in [0, 0.05) is 61.5 Å². The zero-order valence-electron chi connectivity index (χ0n) is 23.2. The van der Waals surface area contributed by atoms with Crippen molar-refractivity contribution in [2.75, 3.05) is 26.7 Å². The van der Waals surface area contributed by atoms with Gasteiger partial charge in [-0.15, -0.1) is 0 Å². The fourth-order valence-corrected chi connectivity index (χ4v) is 5.70. The highest BCUT2D eigenvalue weighted by Gasteiger charge is 2.33. The Morgan fingerprint density at radius 2 is 1.90 bits per heavy atom. The maximum atomic E-state index is 14.4. The Hall–Kier alpha value is -3.52. The molecule has 5 rings (SSSR count). The molecule has 1 amide bonds. The first-order valence-corrected chi connectivity index (χ1v) is 13.7. The molecule has 2 aromatic heterocycles. The van der Waals surface area contributed by atoms with Crippen LogP contribution >= 0.6 is 0 Å². The quantitative estimate of drug-likeness (QED) is 0.393. The third kappa shape index (κ3) is 5.48. The number of aryl methyl sites for hydroxylation is 1. The molecule has 7 nitrogen and oxygen atoms in total. The van der Waals surface area contributed by atoms with Gasteiger partial charge in [-0.1, -0.05) is 55.5 Å². The Bertz CT molecular complexity index is 1430. The van der Waals surface area contributed by atoms with E-state index in [1.54, 1.807) is 6.20 Å². The first-order chi connectivity index (χ1) is 18.9. The fraction of sp³-hybridized carbons (Fsp3) is 0.375. The van der Waals surface area contributed by atoms with Gasteiger partial charge in [0.15, 0.2) is 0 Å². The molecule has 7 heteroatoms. The molecule has 3 atom stereocenters. The van der Waals surface area contributed by atoms with Crippen molar-refractivity contribution < 1.29 is 14.6 Å². The van der Waals surface area contributed by atoms with Crippen LogP contribution in [0.1, 0.15) is 35.5 Å². The van der Waals surface area contributed by atoms with Gasteiger partial charge < -0.3 is 19.3 Å². The number of aliphatic hydroxyl groups is 1. The third-order valence-electron chi connectivity index (χ3n) is 7.89. The molecule has 1 N–H and O–H groups in total. The number of hydrogen-bond acceptors (Lipinski definition) is 5. The zero-order chi connectivity index (χ0) is 27.5. The Balaban J connectivity index is 1.58. The molecule has 204 valence electrons. The number of carbonyl (C=O) groups is 1. The molecule has 0 saturated heterocycles. The zero-order valence-corrected chi connectivity index (χ0v) is 23.2. The van der Waals surface area contributed by atoms with Crippen molar-refractivity contribution in [3.63, 3.8) is 0 Å². The maximum Gasteiger partial charge on any atom is 0.271 e. The van der Waals surface area contributed by atoms with Crippen LogP contribution in [0.25, 0.3) is 22.0 Å². The van der Waals surface area contributed by atoms with Gasteiger partial charge in [-0.05, 0) is 42.8 Å². The van der Waals surface area contributed by atoms with Crippen LogP contribution in [0.15, 0.2) is 73.1 Å². The lowest BCUT2D eigenvalue weighted by Gasteiger charge is -2.35. The van der Waals surface area contributed by atoms with Gasteiger partial charge in [0.2, 0.25) is 0 Å². The topological polar surface area (TPSA) is 70.8 Å². The number of ether oxygens (including phenoxy) is 1. The van der Waals surface area contributed by atoms with E-state index in [1.807, 2.05) is 60.0 Å². The summed E-state index contributed by atoms with van der Waals surface area (Å²) in [6.07, 6.45) is 3.55. The summed E-state index contributed by atoms with van der Waals surface area (Å²) in [7, 11) is 4.04. The summed E-state index contributed by atoms with van der Waals surface area (Å²) in [5.74, 6) is -0.0426. The maximum absolute atomic E-state index is 14.4. The fourth-order valence-electron chi connectivity index (χ4n) is 5.70. The minimum atomic E-state index is -0.337. The SMILES string of the molecule is C[C@H]1CN([C@@H](C)CO)C(=O)c2c(c3ccccc3n2C)-c2ccccc2CO[C@H]1CN(C)Cc1cccnc1. The van der Waals surface area contributed by atoms with Crippen molar-refractivity contribution in [2.45, 2.75) is 39.1 Å². The van der Waals surface area contributed by atoms with E-state index < -0.39 is 0 Å². The summed E-state index contributed by atoms with van der Waals surface area (Å²) in [5, 5.41) is 11.2. The van der Waals surface area contributed by atoms with Gasteiger partial charge in [0.1, 0.15) is 5.69 Å². The molecule has 0 radical (unpaired) electrons. The molecule has 0 spiro atoms. The second-order valence-electron chi connectivity index (χ2n) is 10.8. The smallest absolute Gasteiger partial charge is 0.271 e. The van der Waals surface area contributed by atoms with Crippen LogP contribution < -0.4 is 0 Å². The van der Waals surface area contributed by atoms with Gasteiger partial charge in [0.05, 0.1) is 25.4 Å². The van der Waals surface area contributed by atoms with E-state index in [0.717, 1.165) is 39.7 Å². The lowest BCUT2D eigenvalue weighted by atomic mass is 9.96. The number of carbonyl (C=O) groups excluding carboxylic acids is 1. The van der Waals surface area contributed by atoms with Gasteiger partial charge in [-0.3, -0.25) is 14.7 Å². The predicted molar refractivity (Wildman–Crippen MR) is 154 cm³/mol. The van der Waals surface area contributed by atoms with Crippen LogP contribution in [0, 0.1) is 5.92 Å². The van der Waals surface area contributed by atoms with Crippen molar-refractivity contribution in [1.29, 1.82) is 0 Å². The number of aliphatic hydroxyl groups excluding tert-OH is 1. The molecule has 0 aliphatic carbocycles. The molecule has 4 aromatic rings. The average Bonchev–Trinajstić information content (AvgIpc) is 3.24. The van der Waals surface area contributed by atoms with E-state index in [0.29, 0.717) is 25.4 Å². The molecule has 0 unspecified atom stereocenters. The standard InChI is InChI=1S/C32H38N4O3/c1-22-17-36(23(2)20-37)32(38)31-30(27-13-7-8-14-28(27)35(31)4)26-12-6-5-11-25(26)21-39-29(22)19-34(3)18-24-10-9-15-33-16-24/h5-16,22-23,29,37H,17-21H2,1-4H3/t22-,23-,29-/m0/s1. The van der Waals surface area contributed by atoms with Crippen LogP contribution in [-0.4, -0.2) is 69.3 Å². The number of rotatable bonds is 6. The lowest BCUT2D eigenvalue weighted by molar-refractivity contribution is -0.0242. The number of pyridine rings is 1. The molecule has 0 bridgehead atoms. The first kappa shape index (κ1) is 27.1. The number of fused-ring (bicyclic) bond motifs is 5. The number of aromatic nitrogens is 2.